The number of carbonyl (C=O) groups excluding carboxylic acids is 6. The van der Waals surface area contributed by atoms with Gasteiger partial charge in [-0.15, -0.1) is 0 Å². The molecular weight excluding hydrogens is 925 g/mol. The van der Waals surface area contributed by atoms with Crippen LogP contribution < -0.4 is 38.1 Å². The molecule has 0 spiro atoms. The summed E-state index contributed by atoms with van der Waals surface area (Å²) in [5.74, 6) is -5.57. The number of nitrogens with one attached hydrogen (secondary N) is 7. The van der Waals surface area contributed by atoms with E-state index in [0.717, 1.165) is 21.8 Å². The summed E-state index contributed by atoms with van der Waals surface area (Å²) in [5.41, 5.74) is 15.2. The van der Waals surface area contributed by atoms with Gasteiger partial charge in [-0.05, 0) is 98.9 Å². The number of hydrogen-bond acceptors (Lipinski definition) is 11. The van der Waals surface area contributed by atoms with Crippen molar-refractivity contribution >= 4 is 63.2 Å². The van der Waals surface area contributed by atoms with E-state index in [1.54, 1.807) is 24.5 Å². The number of aliphatic carboxylic acids is 1. The molecule has 20 heteroatoms. The highest BCUT2D eigenvalue weighted by molar-refractivity contribution is 5.98. The van der Waals surface area contributed by atoms with Crippen molar-refractivity contribution < 1.29 is 48.9 Å². The Morgan fingerprint density at radius 1 is 0.681 bits per heavy atom. The predicted molar refractivity (Wildman–Crippen MR) is 270 cm³/mol. The number of H-pyrrole nitrogens is 2. The Morgan fingerprint density at radius 2 is 1.22 bits per heavy atom. The molecule has 6 amide bonds. The molecule has 0 saturated carbocycles. The van der Waals surface area contributed by atoms with Crippen LogP contribution in [0, 0.1) is 5.92 Å². The first-order chi connectivity index (χ1) is 34.4. The molecule has 14 N–H and O–H groups in total. The van der Waals surface area contributed by atoms with E-state index in [1.807, 2.05) is 62.4 Å². The molecule has 1 aliphatic rings. The fourth-order valence-electron chi connectivity index (χ4n) is 9.06. The van der Waals surface area contributed by atoms with Gasteiger partial charge < -0.3 is 68.2 Å². The molecule has 0 bridgehead atoms. The van der Waals surface area contributed by atoms with E-state index < -0.39 is 89.8 Å². The quantitative estimate of drug-likeness (QED) is 0.0373. The van der Waals surface area contributed by atoms with Crippen LogP contribution in [0.5, 0.6) is 5.75 Å². The van der Waals surface area contributed by atoms with Crippen molar-refractivity contribution in [1.29, 1.82) is 0 Å². The number of amides is 6. The van der Waals surface area contributed by atoms with Gasteiger partial charge in [-0.1, -0.05) is 62.4 Å². The first-order valence-electron chi connectivity index (χ1n) is 24.5. The highest BCUT2D eigenvalue weighted by Crippen LogP contribution is 2.25. The minimum atomic E-state index is -1.39. The van der Waals surface area contributed by atoms with Gasteiger partial charge in [0.15, 0.2) is 0 Å². The number of aromatic hydroxyl groups is 1. The highest BCUT2D eigenvalue weighted by atomic mass is 16.4. The lowest BCUT2D eigenvalue weighted by molar-refractivity contribution is -0.143. The summed E-state index contributed by atoms with van der Waals surface area (Å²) in [7, 11) is 0. The number of carboxylic acids is 1. The normalized spacial score (nSPS) is 16.5. The number of carbonyl (C=O) groups is 7. The SMILES string of the molecule is CC(C)C[C@H](NC(=O)[C@@H](N)[C@@H](C)O)C(=O)N[C@@H](Cc1c[nH]c2ccccc12)C(=O)N1CCC[C@H]1C(=O)N[C@@H](CCCCN)C(=O)N[C@@H](Cc1ccc(O)cc1)C(=O)N[C@@H](Cc1c[nH]c2ccccc12)C(=O)O. The maximum Gasteiger partial charge on any atom is 0.326 e. The van der Waals surface area contributed by atoms with E-state index >= 15 is 0 Å². The summed E-state index contributed by atoms with van der Waals surface area (Å²) in [4.78, 5) is 105. The number of nitrogens with two attached hydrogens (primary N) is 2. The van der Waals surface area contributed by atoms with Crippen LogP contribution in [0.3, 0.4) is 0 Å². The lowest BCUT2D eigenvalue weighted by Crippen LogP contribution is -2.60. The third-order valence-electron chi connectivity index (χ3n) is 13.0. The molecule has 1 fully saturated rings. The molecule has 72 heavy (non-hydrogen) atoms. The van der Waals surface area contributed by atoms with Crippen LogP contribution in [0.15, 0.2) is 85.2 Å². The number of unbranched alkanes of at least 4 members (excludes halogenated alkanes) is 1. The Labute approximate surface area is 417 Å². The summed E-state index contributed by atoms with van der Waals surface area (Å²) < 4.78 is 0. The Bertz CT molecular complexity index is 2680. The first kappa shape index (κ1) is 54.1. The summed E-state index contributed by atoms with van der Waals surface area (Å²) >= 11 is 0. The number of likely N-dealkylation sites (tertiary alicyclic amines) is 1. The molecule has 0 aliphatic carbocycles. The number of nitrogens with zero attached hydrogens (tertiary/aromatic N) is 1. The Morgan fingerprint density at radius 3 is 1.81 bits per heavy atom. The van der Waals surface area contributed by atoms with Gasteiger partial charge in [-0.2, -0.15) is 0 Å². The van der Waals surface area contributed by atoms with E-state index in [0.29, 0.717) is 42.5 Å². The summed E-state index contributed by atoms with van der Waals surface area (Å²) in [6, 6.07) is 12.1. The van der Waals surface area contributed by atoms with Crippen molar-refractivity contribution in [1.82, 2.24) is 41.5 Å². The number of rotatable bonds is 25. The zero-order valence-corrected chi connectivity index (χ0v) is 40.9. The lowest BCUT2D eigenvalue weighted by atomic mass is 9.99. The van der Waals surface area contributed by atoms with E-state index in [9.17, 15) is 48.9 Å². The van der Waals surface area contributed by atoms with Gasteiger partial charge in [-0.25, -0.2) is 4.79 Å². The second kappa shape index (κ2) is 25.2. The Kier molecular flexibility index (Phi) is 18.9. The van der Waals surface area contributed by atoms with Crippen molar-refractivity contribution in [2.75, 3.05) is 13.1 Å². The number of hydrogen-bond donors (Lipinski definition) is 12. The third kappa shape index (κ3) is 14.2. The number of aromatic nitrogens is 2. The van der Waals surface area contributed by atoms with Crippen molar-refractivity contribution in [3.05, 3.63) is 102 Å². The van der Waals surface area contributed by atoms with Gasteiger partial charge in [0, 0.05) is 60.0 Å². The molecule has 1 saturated heterocycles. The number of aromatic amines is 2. The molecule has 8 atom stereocenters. The number of phenolic OH excluding ortho intramolecular Hbond substituents is 1. The number of carboxylic acid groups (broad SMARTS) is 1. The molecule has 386 valence electrons. The standard InChI is InChI=1S/C52H68N10O10/c1-29(2)23-40(59-50(69)45(54)30(3)63)47(66)60-42(25-32-27-55-37-13-6-4-11-35(32)37)51(70)62-22-10-16-44(62)49(68)57-39(15-8-9-21-53)46(65)58-41(24-31-17-19-34(64)20-18-31)48(67)61-43(52(71)72)26-33-28-56-38-14-7-5-12-36(33)38/h4-7,11-14,17-20,27-30,39-45,55-56,63-64H,8-10,15-16,21-26,53-54H2,1-3H3,(H,57,68)(H,58,65)(H,59,69)(H,60,66)(H,61,67)(H,71,72)/t30-,39+,40+,41+,42+,43+,44+,45+/m1/s1. The number of aliphatic hydroxyl groups is 1. The van der Waals surface area contributed by atoms with Gasteiger partial charge >= 0.3 is 5.97 Å². The predicted octanol–water partition coefficient (Wildman–Crippen LogP) is 1.77. The number of phenols is 1. The van der Waals surface area contributed by atoms with Crippen molar-refractivity contribution in [2.24, 2.45) is 17.4 Å². The Balaban J connectivity index is 1.23. The molecule has 5 aromatic rings. The summed E-state index contributed by atoms with van der Waals surface area (Å²) in [5, 5.41) is 45.5. The van der Waals surface area contributed by atoms with Crippen molar-refractivity contribution in [2.45, 2.75) is 127 Å². The maximum atomic E-state index is 14.9. The van der Waals surface area contributed by atoms with E-state index in [1.165, 1.54) is 24.0 Å². The molecule has 0 unspecified atom stereocenters. The van der Waals surface area contributed by atoms with Crippen molar-refractivity contribution in [3.8, 4) is 5.75 Å². The summed E-state index contributed by atoms with van der Waals surface area (Å²) in [6.07, 6.45) is 3.88. The Hall–Kier alpha value is -7.29. The molecular formula is C52H68N10O10. The maximum absolute atomic E-state index is 14.9. The van der Waals surface area contributed by atoms with Gasteiger partial charge in [0.25, 0.3) is 0 Å². The fraction of sp³-hybridized carbons (Fsp3) is 0.442. The number of fused-ring (bicyclic) bond motifs is 2. The minimum absolute atomic E-state index is 0.00801. The third-order valence-corrected chi connectivity index (χ3v) is 13.0. The average molecular weight is 993 g/mol. The molecule has 20 nitrogen and oxygen atoms in total. The number of benzene rings is 3. The zero-order chi connectivity index (χ0) is 52.1. The van der Waals surface area contributed by atoms with Gasteiger partial charge in [0.05, 0.1) is 6.10 Å². The smallest absolute Gasteiger partial charge is 0.326 e. The van der Waals surface area contributed by atoms with Crippen LogP contribution in [-0.2, 0) is 52.8 Å². The van der Waals surface area contributed by atoms with Crippen LogP contribution in [0.1, 0.15) is 76.0 Å². The van der Waals surface area contributed by atoms with E-state index in [-0.39, 0.29) is 56.7 Å². The van der Waals surface area contributed by atoms with Crippen LogP contribution >= 0.6 is 0 Å². The summed E-state index contributed by atoms with van der Waals surface area (Å²) in [6.45, 7) is 5.52. The van der Waals surface area contributed by atoms with Crippen LogP contribution in [-0.4, -0.2) is 133 Å². The van der Waals surface area contributed by atoms with Crippen LogP contribution in [0.4, 0.5) is 0 Å². The second-order valence-corrected chi connectivity index (χ2v) is 19.0. The van der Waals surface area contributed by atoms with Crippen molar-refractivity contribution in [3.63, 3.8) is 0 Å². The van der Waals surface area contributed by atoms with Crippen LogP contribution in [0.2, 0.25) is 0 Å². The second-order valence-electron chi connectivity index (χ2n) is 19.0. The minimum Gasteiger partial charge on any atom is -0.508 e. The van der Waals surface area contributed by atoms with E-state index in [4.69, 9.17) is 11.5 Å². The lowest BCUT2D eigenvalue weighted by Gasteiger charge is -2.31. The van der Waals surface area contributed by atoms with Gasteiger partial charge in [-0.3, -0.25) is 28.8 Å². The van der Waals surface area contributed by atoms with Crippen LogP contribution in [0.25, 0.3) is 21.8 Å². The number of para-hydroxylation sites is 2. The molecule has 3 heterocycles. The number of aliphatic hydroxyl groups excluding tert-OH is 1. The monoisotopic (exact) mass is 993 g/mol. The zero-order valence-electron chi connectivity index (χ0n) is 40.9. The average Bonchev–Trinajstić information content (AvgIpc) is 4.12. The molecule has 1 aliphatic heterocycles. The molecule has 3 aromatic carbocycles. The molecule has 0 radical (unpaired) electrons. The first-order valence-corrected chi connectivity index (χ1v) is 24.5. The highest BCUT2D eigenvalue weighted by Gasteiger charge is 2.40. The topological polar surface area (TPSA) is 327 Å². The molecule has 2 aromatic heterocycles. The van der Waals surface area contributed by atoms with Gasteiger partial charge in [0.1, 0.15) is 48.0 Å². The van der Waals surface area contributed by atoms with E-state index in [2.05, 4.69) is 36.6 Å². The fourth-order valence-corrected chi connectivity index (χ4v) is 9.06. The molecule has 6 rings (SSSR count). The van der Waals surface area contributed by atoms with Gasteiger partial charge in [0.2, 0.25) is 35.4 Å². The largest absolute Gasteiger partial charge is 0.508 e.